The molecule has 2 rings (SSSR count). The van der Waals surface area contributed by atoms with Crippen molar-refractivity contribution in [3.8, 4) is 0 Å². The van der Waals surface area contributed by atoms with Crippen molar-refractivity contribution in [2.75, 3.05) is 19.7 Å². The second kappa shape index (κ2) is 7.00. The first-order valence-corrected chi connectivity index (χ1v) is 9.28. The van der Waals surface area contributed by atoms with Gasteiger partial charge >= 0.3 is 0 Å². The van der Waals surface area contributed by atoms with Crippen molar-refractivity contribution in [1.82, 2.24) is 10.0 Å². The van der Waals surface area contributed by atoms with Gasteiger partial charge in [0.1, 0.15) is 4.21 Å². The van der Waals surface area contributed by atoms with Crippen LogP contribution in [0, 0.1) is 5.92 Å². The molecule has 0 radical (unpaired) electrons. The van der Waals surface area contributed by atoms with Crippen LogP contribution in [-0.4, -0.2) is 34.2 Å². The van der Waals surface area contributed by atoms with Crippen LogP contribution in [0.15, 0.2) is 15.7 Å². The zero-order chi connectivity index (χ0) is 14.6. The van der Waals surface area contributed by atoms with Crippen LogP contribution >= 0.6 is 11.3 Å². The van der Waals surface area contributed by atoms with E-state index in [1.807, 2.05) is 19.2 Å². The summed E-state index contributed by atoms with van der Waals surface area (Å²) in [6, 6.07) is 1.74. The van der Waals surface area contributed by atoms with Crippen LogP contribution in [-0.2, 0) is 21.3 Å². The summed E-state index contributed by atoms with van der Waals surface area (Å²) >= 11 is 1.27. The summed E-state index contributed by atoms with van der Waals surface area (Å²) < 4.78 is 33.0. The number of nitrogens with one attached hydrogen (secondary N) is 2. The maximum absolute atomic E-state index is 12.2. The molecule has 1 aromatic heterocycles. The van der Waals surface area contributed by atoms with Crippen LogP contribution in [0.25, 0.3) is 0 Å². The molecular weight excluding hydrogens is 296 g/mol. The van der Waals surface area contributed by atoms with E-state index >= 15 is 0 Å². The Morgan fingerprint density at radius 3 is 2.95 bits per heavy atom. The minimum absolute atomic E-state index is 0.130. The van der Waals surface area contributed by atoms with Crippen LogP contribution in [0.4, 0.5) is 0 Å². The van der Waals surface area contributed by atoms with Crippen molar-refractivity contribution in [3.63, 3.8) is 0 Å². The summed E-state index contributed by atoms with van der Waals surface area (Å²) in [4.78, 5) is 0. The topological polar surface area (TPSA) is 67.4 Å². The monoisotopic (exact) mass is 318 g/mol. The highest BCUT2D eigenvalue weighted by Gasteiger charge is 2.26. The predicted molar refractivity (Wildman–Crippen MR) is 80.4 cm³/mol. The molecule has 1 aliphatic rings. The fourth-order valence-corrected chi connectivity index (χ4v) is 4.54. The first-order valence-electron chi connectivity index (χ1n) is 6.92. The molecule has 20 heavy (non-hydrogen) atoms. The molecule has 0 aliphatic carbocycles. The third-order valence-electron chi connectivity index (χ3n) is 3.54. The molecule has 1 saturated heterocycles. The Labute approximate surface area is 124 Å². The average Bonchev–Trinajstić information content (AvgIpc) is 3.03. The first-order chi connectivity index (χ1) is 9.53. The second-order valence-corrected chi connectivity index (χ2v) is 7.94. The lowest BCUT2D eigenvalue weighted by molar-refractivity contribution is 0.107. The Morgan fingerprint density at radius 2 is 2.30 bits per heavy atom. The van der Waals surface area contributed by atoms with Gasteiger partial charge in [0.05, 0.1) is 6.10 Å². The Balaban J connectivity index is 1.93. The summed E-state index contributed by atoms with van der Waals surface area (Å²) in [7, 11) is -3.39. The summed E-state index contributed by atoms with van der Waals surface area (Å²) in [5.41, 5.74) is 1.01. The molecular formula is C13H22N2O3S2. The van der Waals surface area contributed by atoms with Gasteiger partial charge < -0.3 is 10.1 Å². The van der Waals surface area contributed by atoms with Crippen molar-refractivity contribution < 1.29 is 13.2 Å². The van der Waals surface area contributed by atoms with E-state index in [-0.39, 0.29) is 12.0 Å². The maximum Gasteiger partial charge on any atom is 0.250 e. The van der Waals surface area contributed by atoms with Gasteiger partial charge in [-0.15, -0.1) is 11.3 Å². The standard InChI is InChI=1S/C13H22N2O3S2/c1-3-14-7-11-6-13(19-9-11)20(16,17)15-8-12-4-5-18-10(12)2/h6,9-10,12,14-15H,3-5,7-8H2,1-2H3. The van der Waals surface area contributed by atoms with Crippen LogP contribution < -0.4 is 10.0 Å². The Morgan fingerprint density at radius 1 is 1.50 bits per heavy atom. The van der Waals surface area contributed by atoms with Crippen LogP contribution in [0.2, 0.25) is 0 Å². The number of thiophene rings is 1. The molecule has 1 fully saturated rings. The third-order valence-corrected chi connectivity index (χ3v) is 6.45. The van der Waals surface area contributed by atoms with Gasteiger partial charge in [0.15, 0.2) is 0 Å². The van der Waals surface area contributed by atoms with Crippen molar-refractivity contribution in [2.24, 2.45) is 5.92 Å². The average molecular weight is 318 g/mol. The van der Waals surface area contributed by atoms with Gasteiger partial charge in [-0.3, -0.25) is 0 Å². The van der Waals surface area contributed by atoms with E-state index in [1.54, 1.807) is 6.07 Å². The Kier molecular flexibility index (Phi) is 5.57. The van der Waals surface area contributed by atoms with Gasteiger partial charge in [-0.2, -0.15) is 0 Å². The Bertz CT molecular complexity index is 527. The van der Waals surface area contributed by atoms with E-state index in [2.05, 4.69) is 10.0 Å². The fraction of sp³-hybridized carbons (Fsp3) is 0.692. The molecule has 2 heterocycles. The molecule has 0 saturated carbocycles. The molecule has 0 amide bonds. The van der Waals surface area contributed by atoms with Gasteiger partial charge in [-0.05, 0) is 36.9 Å². The molecule has 2 atom stereocenters. The zero-order valence-corrected chi connectivity index (χ0v) is 13.5. The van der Waals surface area contributed by atoms with Gasteiger partial charge in [-0.25, -0.2) is 13.1 Å². The number of rotatable bonds is 7. The molecule has 7 heteroatoms. The van der Waals surface area contributed by atoms with Gasteiger partial charge in [0.2, 0.25) is 10.0 Å². The van der Waals surface area contributed by atoms with Gasteiger partial charge in [0, 0.05) is 25.6 Å². The SMILES string of the molecule is CCNCc1csc(S(=O)(=O)NCC2CCOC2C)c1. The second-order valence-electron chi connectivity index (χ2n) is 5.03. The highest BCUT2D eigenvalue weighted by Crippen LogP contribution is 2.23. The minimum Gasteiger partial charge on any atom is -0.378 e. The van der Waals surface area contributed by atoms with E-state index < -0.39 is 10.0 Å². The number of sulfonamides is 1. The largest absolute Gasteiger partial charge is 0.378 e. The lowest BCUT2D eigenvalue weighted by atomic mass is 10.0. The number of ether oxygens (including phenoxy) is 1. The zero-order valence-electron chi connectivity index (χ0n) is 11.9. The maximum atomic E-state index is 12.2. The van der Waals surface area contributed by atoms with Crippen molar-refractivity contribution in [2.45, 2.75) is 37.1 Å². The highest BCUT2D eigenvalue weighted by molar-refractivity contribution is 7.91. The molecule has 1 aliphatic heterocycles. The molecule has 2 unspecified atom stereocenters. The van der Waals surface area contributed by atoms with Crippen molar-refractivity contribution in [1.29, 1.82) is 0 Å². The summed E-state index contributed by atoms with van der Waals surface area (Å²) in [5.74, 6) is 0.269. The first kappa shape index (κ1) is 15.9. The number of hydrogen-bond acceptors (Lipinski definition) is 5. The van der Waals surface area contributed by atoms with Crippen LogP contribution in [0.3, 0.4) is 0 Å². The predicted octanol–water partition coefficient (Wildman–Crippen LogP) is 1.56. The van der Waals surface area contributed by atoms with E-state index in [1.165, 1.54) is 11.3 Å². The molecule has 0 spiro atoms. The molecule has 114 valence electrons. The normalized spacial score (nSPS) is 23.3. The van der Waals surface area contributed by atoms with Crippen molar-refractivity contribution >= 4 is 21.4 Å². The van der Waals surface area contributed by atoms with E-state index in [0.717, 1.165) is 25.1 Å². The summed E-state index contributed by atoms with van der Waals surface area (Å²) in [5, 5.41) is 5.07. The summed E-state index contributed by atoms with van der Waals surface area (Å²) in [6.07, 6.45) is 1.05. The van der Waals surface area contributed by atoms with Crippen LogP contribution in [0.1, 0.15) is 25.8 Å². The number of hydrogen-bond donors (Lipinski definition) is 2. The smallest absolute Gasteiger partial charge is 0.250 e. The fourth-order valence-electron chi connectivity index (χ4n) is 2.19. The Hall–Kier alpha value is -0.470. The lowest BCUT2D eigenvalue weighted by Gasteiger charge is -2.14. The molecule has 0 aromatic carbocycles. The van der Waals surface area contributed by atoms with Crippen molar-refractivity contribution in [3.05, 3.63) is 17.0 Å². The molecule has 2 N–H and O–H groups in total. The van der Waals surface area contributed by atoms with E-state index in [4.69, 9.17) is 4.74 Å². The third kappa shape index (κ3) is 4.02. The van der Waals surface area contributed by atoms with E-state index in [9.17, 15) is 8.42 Å². The van der Waals surface area contributed by atoms with E-state index in [0.29, 0.717) is 17.3 Å². The quantitative estimate of drug-likeness (QED) is 0.801. The highest BCUT2D eigenvalue weighted by atomic mass is 32.2. The summed E-state index contributed by atoms with van der Waals surface area (Å²) in [6.45, 7) is 6.76. The van der Waals surface area contributed by atoms with Gasteiger partial charge in [0.25, 0.3) is 0 Å². The van der Waals surface area contributed by atoms with Gasteiger partial charge in [-0.1, -0.05) is 6.92 Å². The lowest BCUT2D eigenvalue weighted by Crippen LogP contribution is -2.31. The molecule has 0 bridgehead atoms. The molecule has 1 aromatic rings. The minimum atomic E-state index is -3.39. The van der Waals surface area contributed by atoms with Crippen LogP contribution in [0.5, 0.6) is 0 Å². The molecule has 5 nitrogen and oxygen atoms in total.